The van der Waals surface area contributed by atoms with E-state index in [1.807, 2.05) is 0 Å². The summed E-state index contributed by atoms with van der Waals surface area (Å²) in [6.45, 7) is 3.70. The molecule has 0 radical (unpaired) electrons. The van der Waals surface area contributed by atoms with Crippen molar-refractivity contribution in [3.8, 4) is 0 Å². The van der Waals surface area contributed by atoms with E-state index in [9.17, 15) is 18.8 Å². The van der Waals surface area contributed by atoms with Crippen molar-refractivity contribution >= 4 is 11.7 Å². The third-order valence-corrected chi connectivity index (χ3v) is 5.22. The molecule has 0 spiro atoms. The Morgan fingerprint density at radius 3 is 2.67 bits per heavy atom. The predicted octanol–water partition coefficient (Wildman–Crippen LogP) is 2.93. The summed E-state index contributed by atoms with van der Waals surface area (Å²) in [4.78, 5) is 37.4. The van der Waals surface area contributed by atoms with Crippen molar-refractivity contribution in [2.24, 2.45) is 11.8 Å². The predicted molar refractivity (Wildman–Crippen MR) is 101 cm³/mol. The van der Waals surface area contributed by atoms with Gasteiger partial charge < -0.3 is 9.88 Å². The number of aryl methyl sites for hydroxylation is 1. The first-order valence-corrected chi connectivity index (χ1v) is 9.05. The van der Waals surface area contributed by atoms with Crippen molar-refractivity contribution in [3.63, 3.8) is 0 Å². The molecule has 1 fully saturated rings. The van der Waals surface area contributed by atoms with Gasteiger partial charge in [-0.1, -0.05) is 25.1 Å². The standard InChI is InChI=1S/C21H23FN2O3/c1-12-5-4-6-14(19(12)22)10-24-11-16(18(25)9-15-7-13(15)2)8-17(21(24)27)20(26)23-3/h4-6,8,11,13,15H,7,9-10H2,1-3H3,(H,23,26)/t13-,15+/m1/s1. The topological polar surface area (TPSA) is 68.2 Å². The molecule has 0 saturated heterocycles. The molecule has 1 aliphatic carbocycles. The van der Waals surface area contributed by atoms with Crippen LogP contribution in [0.5, 0.6) is 0 Å². The summed E-state index contributed by atoms with van der Waals surface area (Å²) in [5, 5.41) is 2.42. The summed E-state index contributed by atoms with van der Waals surface area (Å²) in [6, 6.07) is 6.30. The fraction of sp³-hybridized carbons (Fsp3) is 0.381. The molecular formula is C21H23FN2O3. The minimum absolute atomic E-state index is 0.0444. The van der Waals surface area contributed by atoms with Crippen LogP contribution >= 0.6 is 0 Å². The molecule has 0 unspecified atom stereocenters. The lowest BCUT2D eigenvalue weighted by atomic mass is 10.0. The minimum atomic E-state index is -0.562. The first-order valence-electron chi connectivity index (χ1n) is 9.05. The highest BCUT2D eigenvalue weighted by Crippen LogP contribution is 2.41. The van der Waals surface area contributed by atoms with E-state index in [1.165, 1.54) is 23.9 Å². The second-order valence-corrected chi connectivity index (χ2v) is 7.30. The molecule has 2 aromatic rings. The number of amides is 1. The van der Waals surface area contributed by atoms with Gasteiger partial charge in [0.05, 0.1) is 6.54 Å². The summed E-state index contributed by atoms with van der Waals surface area (Å²) in [6.07, 6.45) is 2.85. The van der Waals surface area contributed by atoms with Crippen LogP contribution in [0.1, 0.15) is 51.6 Å². The lowest BCUT2D eigenvalue weighted by molar-refractivity contribution is 0.0961. The van der Waals surface area contributed by atoms with Gasteiger partial charge in [-0.3, -0.25) is 14.4 Å². The van der Waals surface area contributed by atoms with E-state index in [-0.39, 0.29) is 17.9 Å². The molecule has 1 amide bonds. The minimum Gasteiger partial charge on any atom is -0.355 e. The molecule has 1 aliphatic rings. The van der Waals surface area contributed by atoms with E-state index < -0.39 is 17.3 Å². The number of nitrogens with zero attached hydrogens (tertiary/aromatic N) is 1. The van der Waals surface area contributed by atoms with Gasteiger partial charge in [0, 0.05) is 30.8 Å². The summed E-state index contributed by atoms with van der Waals surface area (Å²) in [5.74, 6) is -0.175. The Balaban J connectivity index is 2.02. The van der Waals surface area contributed by atoms with E-state index in [4.69, 9.17) is 0 Å². The molecule has 5 nitrogen and oxygen atoms in total. The number of aromatic nitrogens is 1. The molecule has 1 saturated carbocycles. The Labute approximate surface area is 157 Å². The zero-order valence-corrected chi connectivity index (χ0v) is 15.7. The monoisotopic (exact) mass is 370 g/mol. The molecule has 1 aromatic heterocycles. The van der Waals surface area contributed by atoms with Gasteiger partial charge in [-0.05, 0) is 36.8 Å². The van der Waals surface area contributed by atoms with E-state index in [0.29, 0.717) is 34.9 Å². The Morgan fingerprint density at radius 1 is 1.33 bits per heavy atom. The van der Waals surface area contributed by atoms with Crippen molar-refractivity contribution in [1.29, 1.82) is 0 Å². The van der Waals surface area contributed by atoms with Crippen molar-refractivity contribution in [2.75, 3.05) is 7.05 Å². The smallest absolute Gasteiger partial charge is 0.263 e. The molecule has 142 valence electrons. The molecule has 3 rings (SSSR count). The van der Waals surface area contributed by atoms with Crippen LogP contribution in [-0.2, 0) is 6.54 Å². The molecule has 1 aromatic carbocycles. The second-order valence-electron chi connectivity index (χ2n) is 7.30. The average Bonchev–Trinajstić information content (AvgIpc) is 3.34. The van der Waals surface area contributed by atoms with Crippen LogP contribution in [0, 0.1) is 24.6 Å². The van der Waals surface area contributed by atoms with Crippen LogP contribution in [0.3, 0.4) is 0 Å². The first-order chi connectivity index (χ1) is 12.8. The van der Waals surface area contributed by atoms with Crippen LogP contribution in [0.2, 0.25) is 0 Å². The van der Waals surface area contributed by atoms with E-state index in [2.05, 4.69) is 12.2 Å². The van der Waals surface area contributed by atoms with Crippen LogP contribution in [0.4, 0.5) is 4.39 Å². The normalized spacial score (nSPS) is 18.2. The Morgan fingerprint density at radius 2 is 2.04 bits per heavy atom. The summed E-state index contributed by atoms with van der Waals surface area (Å²) in [7, 11) is 1.42. The van der Waals surface area contributed by atoms with Crippen molar-refractivity contribution in [3.05, 3.63) is 68.9 Å². The highest BCUT2D eigenvalue weighted by Gasteiger charge is 2.34. The van der Waals surface area contributed by atoms with Gasteiger partial charge in [-0.15, -0.1) is 0 Å². The number of rotatable bonds is 6. The second kappa shape index (κ2) is 7.47. The van der Waals surface area contributed by atoms with Gasteiger partial charge in [0.2, 0.25) is 0 Å². The van der Waals surface area contributed by atoms with E-state index in [1.54, 1.807) is 25.1 Å². The largest absolute Gasteiger partial charge is 0.355 e. The average molecular weight is 370 g/mol. The Hall–Kier alpha value is -2.76. The lowest BCUT2D eigenvalue weighted by Gasteiger charge is -2.12. The fourth-order valence-corrected chi connectivity index (χ4v) is 3.26. The van der Waals surface area contributed by atoms with E-state index >= 15 is 0 Å². The quantitative estimate of drug-likeness (QED) is 0.795. The number of benzene rings is 1. The Kier molecular flexibility index (Phi) is 5.26. The van der Waals surface area contributed by atoms with Gasteiger partial charge in [-0.25, -0.2) is 4.39 Å². The van der Waals surface area contributed by atoms with Gasteiger partial charge in [0.15, 0.2) is 5.78 Å². The van der Waals surface area contributed by atoms with Gasteiger partial charge in [-0.2, -0.15) is 0 Å². The number of halogens is 1. The van der Waals surface area contributed by atoms with Crippen LogP contribution in [-0.4, -0.2) is 23.3 Å². The molecule has 27 heavy (non-hydrogen) atoms. The molecule has 1 heterocycles. The zero-order chi connectivity index (χ0) is 19.7. The third-order valence-electron chi connectivity index (χ3n) is 5.22. The maximum absolute atomic E-state index is 14.4. The van der Waals surface area contributed by atoms with Gasteiger partial charge >= 0.3 is 0 Å². The van der Waals surface area contributed by atoms with Crippen LogP contribution in [0.15, 0.2) is 35.3 Å². The fourth-order valence-electron chi connectivity index (χ4n) is 3.26. The number of ketones is 1. The number of carbonyl (C=O) groups excluding carboxylic acids is 2. The SMILES string of the molecule is CNC(=O)c1cc(C(=O)C[C@@H]2C[C@H]2C)cn(Cc2cccc(C)c2F)c1=O. The van der Waals surface area contributed by atoms with Crippen LogP contribution < -0.4 is 10.9 Å². The number of nitrogens with one attached hydrogen (secondary N) is 1. The molecule has 6 heteroatoms. The van der Waals surface area contributed by atoms with Crippen molar-refractivity contribution < 1.29 is 14.0 Å². The number of Topliss-reactive ketones (excluding diaryl/α,β-unsaturated/α-hetero) is 1. The maximum atomic E-state index is 14.4. The van der Waals surface area contributed by atoms with Gasteiger partial charge in [0.25, 0.3) is 11.5 Å². The Bertz CT molecular complexity index is 964. The first kappa shape index (κ1) is 19.0. The van der Waals surface area contributed by atoms with Crippen molar-refractivity contribution in [2.45, 2.75) is 33.2 Å². The van der Waals surface area contributed by atoms with Crippen LogP contribution in [0.25, 0.3) is 0 Å². The van der Waals surface area contributed by atoms with Crippen molar-refractivity contribution in [1.82, 2.24) is 9.88 Å². The molecular weight excluding hydrogens is 347 g/mol. The number of carbonyl (C=O) groups is 2. The van der Waals surface area contributed by atoms with Gasteiger partial charge in [0.1, 0.15) is 11.4 Å². The number of hydrogen-bond donors (Lipinski definition) is 1. The summed E-state index contributed by atoms with van der Waals surface area (Å²) < 4.78 is 15.6. The molecule has 1 N–H and O–H groups in total. The molecule has 0 aliphatic heterocycles. The lowest BCUT2D eigenvalue weighted by Crippen LogP contribution is -2.32. The van der Waals surface area contributed by atoms with E-state index in [0.717, 1.165) is 6.42 Å². The third kappa shape index (κ3) is 3.99. The maximum Gasteiger partial charge on any atom is 0.263 e. The highest BCUT2D eigenvalue weighted by atomic mass is 19.1. The molecule has 2 atom stereocenters. The highest BCUT2D eigenvalue weighted by molar-refractivity contribution is 6.00. The molecule has 0 bridgehead atoms. The number of pyridine rings is 1. The summed E-state index contributed by atoms with van der Waals surface area (Å²) >= 11 is 0. The number of hydrogen-bond acceptors (Lipinski definition) is 3. The zero-order valence-electron chi connectivity index (χ0n) is 15.7. The summed E-state index contributed by atoms with van der Waals surface area (Å²) in [5.41, 5.74) is 0.453.